The molecule has 1 aromatic rings. The summed E-state index contributed by atoms with van der Waals surface area (Å²) in [5.74, 6) is 0.525. The molecule has 1 aliphatic heterocycles. The predicted octanol–water partition coefficient (Wildman–Crippen LogP) is 2.96. The number of nitrogens with one attached hydrogen (secondary N) is 1. The molecule has 0 aromatic heterocycles. The van der Waals surface area contributed by atoms with Crippen LogP contribution in [-0.2, 0) is 4.79 Å². The molecule has 1 aliphatic rings. The van der Waals surface area contributed by atoms with Crippen LogP contribution in [0.25, 0.3) is 0 Å². The summed E-state index contributed by atoms with van der Waals surface area (Å²) in [4.78, 5) is 14.1. The maximum absolute atomic E-state index is 12.9. The third-order valence-electron chi connectivity index (χ3n) is 3.98. The smallest absolute Gasteiger partial charge is 0.226 e. The quantitative estimate of drug-likeness (QED) is 0.898. The van der Waals surface area contributed by atoms with Crippen LogP contribution in [0.5, 0.6) is 0 Å². The second kappa shape index (κ2) is 7.39. The van der Waals surface area contributed by atoms with E-state index in [0.29, 0.717) is 18.9 Å². The number of benzene rings is 1. The number of hydrogen-bond acceptors (Lipinski definition) is 2. The zero-order valence-corrected chi connectivity index (χ0v) is 12.1. The Morgan fingerprint density at radius 3 is 2.55 bits per heavy atom. The summed E-state index contributed by atoms with van der Waals surface area (Å²) in [5.41, 5.74) is 0.782. The first-order chi connectivity index (χ1) is 9.70. The molecule has 1 aromatic carbocycles. The van der Waals surface area contributed by atoms with Crippen molar-refractivity contribution in [2.45, 2.75) is 32.6 Å². The van der Waals surface area contributed by atoms with E-state index >= 15 is 0 Å². The first-order valence-electron chi connectivity index (χ1n) is 7.47. The molecule has 0 aliphatic carbocycles. The molecule has 1 fully saturated rings. The third-order valence-corrected chi connectivity index (χ3v) is 3.98. The van der Waals surface area contributed by atoms with Gasteiger partial charge in [-0.05, 0) is 69.5 Å². The number of carbonyl (C=O) groups is 1. The van der Waals surface area contributed by atoms with Crippen molar-refractivity contribution >= 4 is 11.6 Å². The number of nitrogens with zero attached hydrogens (tertiary/aromatic N) is 1. The minimum absolute atomic E-state index is 0.137. The zero-order valence-electron chi connectivity index (χ0n) is 12.1. The van der Waals surface area contributed by atoms with Gasteiger partial charge < -0.3 is 10.2 Å². The molecule has 0 atom stereocenters. The highest BCUT2D eigenvalue weighted by molar-refractivity contribution is 5.93. The van der Waals surface area contributed by atoms with Crippen molar-refractivity contribution < 1.29 is 9.18 Å². The highest BCUT2D eigenvalue weighted by Crippen LogP contribution is 2.21. The molecule has 110 valence electrons. The molecule has 1 saturated heterocycles. The SMILES string of the molecule is CCN(C(=O)CCC1CCNCC1)c1ccc(F)cc1. The maximum Gasteiger partial charge on any atom is 0.226 e. The Morgan fingerprint density at radius 1 is 1.30 bits per heavy atom. The fourth-order valence-electron chi connectivity index (χ4n) is 2.76. The van der Waals surface area contributed by atoms with Gasteiger partial charge in [0.05, 0.1) is 0 Å². The normalized spacial score (nSPS) is 16.1. The lowest BCUT2D eigenvalue weighted by Gasteiger charge is -2.25. The van der Waals surface area contributed by atoms with Gasteiger partial charge in [0.2, 0.25) is 5.91 Å². The van der Waals surface area contributed by atoms with Gasteiger partial charge in [0.1, 0.15) is 5.82 Å². The Kier molecular flexibility index (Phi) is 5.53. The van der Waals surface area contributed by atoms with E-state index < -0.39 is 0 Å². The number of amides is 1. The molecular weight excluding hydrogens is 255 g/mol. The van der Waals surface area contributed by atoms with Crippen molar-refractivity contribution in [1.29, 1.82) is 0 Å². The van der Waals surface area contributed by atoms with E-state index in [0.717, 1.165) is 38.0 Å². The summed E-state index contributed by atoms with van der Waals surface area (Å²) < 4.78 is 12.9. The number of rotatable bonds is 5. The largest absolute Gasteiger partial charge is 0.317 e. The maximum atomic E-state index is 12.9. The molecule has 0 radical (unpaired) electrons. The molecule has 0 spiro atoms. The molecular formula is C16H23FN2O. The standard InChI is InChI=1S/C16H23FN2O/c1-2-19(15-6-4-14(17)5-7-15)16(20)8-3-13-9-11-18-12-10-13/h4-7,13,18H,2-3,8-12H2,1H3. The van der Waals surface area contributed by atoms with Crippen LogP contribution in [0.15, 0.2) is 24.3 Å². The molecule has 1 N–H and O–H groups in total. The van der Waals surface area contributed by atoms with Crippen molar-refractivity contribution in [3.8, 4) is 0 Å². The van der Waals surface area contributed by atoms with Crippen molar-refractivity contribution in [1.82, 2.24) is 5.32 Å². The van der Waals surface area contributed by atoms with Crippen LogP contribution in [-0.4, -0.2) is 25.5 Å². The first kappa shape index (κ1) is 15.0. The molecule has 20 heavy (non-hydrogen) atoms. The van der Waals surface area contributed by atoms with E-state index in [2.05, 4.69) is 5.32 Å². The van der Waals surface area contributed by atoms with E-state index in [1.54, 1.807) is 17.0 Å². The molecule has 0 unspecified atom stereocenters. The Morgan fingerprint density at radius 2 is 1.95 bits per heavy atom. The van der Waals surface area contributed by atoms with Gasteiger partial charge in [-0.3, -0.25) is 4.79 Å². The van der Waals surface area contributed by atoms with E-state index in [4.69, 9.17) is 0 Å². The van der Waals surface area contributed by atoms with Crippen molar-refractivity contribution in [2.75, 3.05) is 24.5 Å². The third kappa shape index (κ3) is 4.04. The van der Waals surface area contributed by atoms with Crippen LogP contribution in [0.4, 0.5) is 10.1 Å². The molecule has 4 heteroatoms. The Hall–Kier alpha value is -1.42. The lowest BCUT2D eigenvalue weighted by Crippen LogP contribution is -2.32. The lowest BCUT2D eigenvalue weighted by atomic mass is 9.93. The average molecular weight is 278 g/mol. The molecule has 3 nitrogen and oxygen atoms in total. The fraction of sp³-hybridized carbons (Fsp3) is 0.562. The summed E-state index contributed by atoms with van der Waals surface area (Å²) in [6, 6.07) is 6.14. The minimum atomic E-state index is -0.271. The van der Waals surface area contributed by atoms with Gasteiger partial charge in [-0.15, -0.1) is 0 Å². The van der Waals surface area contributed by atoms with Crippen LogP contribution in [0, 0.1) is 11.7 Å². The van der Waals surface area contributed by atoms with Gasteiger partial charge in [0, 0.05) is 18.7 Å². The second-order valence-corrected chi connectivity index (χ2v) is 5.35. The second-order valence-electron chi connectivity index (χ2n) is 5.35. The zero-order chi connectivity index (χ0) is 14.4. The van der Waals surface area contributed by atoms with Gasteiger partial charge in [-0.2, -0.15) is 0 Å². The predicted molar refractivity (Wildman–Crippen MR) is 79.3 cm³/mol. The molecule has 0 bridgehead atoms. The van der Waals surface area contributed by atoms with Crippen LogP contribution < -0.4 is 10.2 Å². The lowest BCUT2D eigenvalue weighted by molar-refractivity contribution is -0.118. The van der Waals surface area contributed by atoms with E-state index in [9.17, 15) is 9.18 Å². The topological polar surface area (TPSA) is 32.3 Å². The van der Waals surface area contributed by atoms with Crippen LogP contribution in [0.2, 0.25) is 0 Å². The minimum Gasteiger partial charge on any atom is -0.317 e. The summed E-state index contributed by atoms with van der Waals surface area (Å²) in [5, 5.41) is 3.34. The van der Waals surface area contributed by atoms with E-state index in [1.165, 1.54) is 12.1 Å². The van der Waals surface area contributed by atoms with Crippen LogP contribution in [0.1, 0.15) is 32.6 Å². The average Bonchev–Trinajstić information content (AvgIpc) is 2.49. The number of hydrogen-bond donors (Lipinski definition) is 1. The van der Waals surface area contributed by atoms with E-state index in [-0.39, 0.29) is 11.7 Å². The number of carbonyl (C=O) groups excluding carboxylic acids is 1. The summed E-state index contributed by atoms with van der Waals surface area (Å²) in [6.07, 6.45) is 3.86. The van der Waals surface area contributed by atoms with Crippen molar-refractivity contribution in [3.05, 3.63) is 30.1 Å². The Labute approximate surface area is 120 Å². The first-order valence-corrected chi connectivity index (χ1v) is 7.47. The summed E-state index contributed by atoms with van der Waals surface area (Å²) in [7, 11) is 0. The number of piperidine rings is 1. The Balaban J connectivity index is 1.89. The highest BCUT2D eigenvalue weighted by Gasteiger charge is 2.18. The van der Waals surface area contributed by atoms with E-state index in [1.807, 2.05) is 6.92 Å². The van der Waals surface area contributed by atoms with Gasteiger partial charge in [-0.25, -0.2) is 4.39 Å². The number of anilines is 1. The fourth-order valence-corrected chi connectivity index (χ4v) is 2.76. The van der Waals surface area contributed by atoms with Gasteiger partial charge >= 0.3 is 0 Å². The molecule has 1 amide bonds. The van der Waals surface area contributed by atoms with Gasteiger partial charge in [-0.1, -0.05) is 0 Å². The van der Waals surface area contributed by atoms with Gasteiger partial charge in [0.25, 0.3) is 0 Å². The molecule has 2 rings (SSSR count). The van der Waals surface area contributed by atoms with Crippen LogP contribution in [0.3, 0.4) is 0 Å². The van der Waals surface area contributed by atoms with Crippen molar-refractivity contribution in [3.63, 3.8) is 0 Å². The van der Waals surface area contributed by atoms with Crippen molar-refractivity contribution in [2.24, 2.45) is 5.92 Å². The summed E-state index contributed by atoms with van der Waals surface area (Å²) >= 11 is 0. The Bertz CT molecular complexity index is 427. The van der Waals surface area contributed by atoms with Crippen LogP contribution >= 0.6 is 0 Å². The summed E-state index contributed by atoms with van der Waals surface area (Å²) in [6.45, 7) is 4.70. The highest BCUT2D eigenvalue weighted by atomic mass is 19.1. The molecule has 0 saturated carbocycles. The van der Waals surface area contributed by atoms with Gasteiger partial charge in [0.15, 0.2) is 0 Å². The number of halogens is 1. The monoisotopic (exact) mass is 278 g/mol. The molecule has 1 heterocycles.